The molecule has 0 aliphatic rings. The minimum atomic E-state index is -0.758. The van der Waals surface area contributed by atoms with Crippen LogP contribution in [0.2, 0.25) is 0 Å². The highest BCUT2D eigenvalue weighted by atomic mass is 16.6. The van der Waals surface area contributed by atoms with Crippen LogP contribution in [-0.4, -0.2) is 11.4 Å². The number of rotatable bonds is 5. The van der Waals surface area contributed by atoms with Crippen molar-refractivity contribution in [3.05, 3.63) is 65.7 Å². The van der Waals surface area contributed by atoms with E-state index in [4.69, 9.17) is 4.74 Å². The van der Waals surface area contributed by atoms with Gasteiger partial charge >= 0.3 is 0 Å². The summed E-state index contributed by atoms with van der Waals surface area (Å²) in [7, 11) is 0. The largest absolute Gasteiger partial charge is 0.465 e. The standard InChI is InChI=1S/C16H18O2/c1-13-7-5-6-10-15(13)18-16(17)12-11-14-8-3-2-4-9-14/h2-10,16-17H,11-12H2,1H3. The smallest absolute Gasteiger partial charge is 0.197 e. The molecule has 0 aliphatic heterocycles. The van der Waals surface area contributed by atoms with Crippen LogP contribution in [0.15, 0.2) is 54.6 Å². The van der Waals surface area contributed by atoms with Gasteiger partial charge in [0, 0.05) is 6.42 Å². The van der Waals surface area contributed by atoms with Gasteiger partial charge in [-0.15, -0.1) is 0 Å². The van der Waals surface area contributed by atoms with Gasteiger partial charge in [-0.3, -0.25) is 0 Å². The van der Waals surface area contributed by atoms with Crippen molar-refractivity contribution >= 4 is 0 Å². The van der Waals surface area contributed by atoms with Crippen LogP contribution in [0, 0.1) is 6.92 Å². The maximum atomic E-state index is 9.87. The molecular weight excluding hydrogens is 224 g/mol. The highest BCUT2D eigenvalue weighted by molar-refractivity contribution is 5.31. The van der Waals surface area contributed by atoms with E-state index < -0.39 is 6.29 Å². The van der Waals surface area contributed by atoms with Crippen LogP contribution >= 0.6 is 0 Å². The average Bonchev–Trinajstić information content (AvgIpc) is 2.40. The van der Waals surface area contributed by atoms with Gasteiger partial charge in [0.1, 0.15) is 5.75 Å². The molecular formula is C16H18O2. The van der Waals surface area contributed by atoms with Crippen LogP contribution in [0.1, 0.15) is 17.5 Å². The highest BCUT2D eigenvalue weighted by Crippen LogP contribution is 2.18. The van der Waals surface area contributed by atoms with Gasteiger partial charge in [0.15, 0.2) is 6.29 Å². The first-order chi connectivity index (χ1) is 8.75. The van der Waals surface area contributed by atoms with Crippen LogP contribution in [0.25, 0.3) is 0 Å². The molecule has 0 saturated carbocycles. The zero-order valence-electron chi connectivity index (χ0n) is 10.5. The lowest BCUT2D eigenvalue weighted by atomic mass is 10.1. The fourth-order valence-corrected chi connectivity index (χ4v) is 1.83. The van der Waals surface area contributed by atoms with E-state index in [1.807, 2.05) is 49.4 Å². The van der Waals surface area contributed by atoms with Gasteiger partial charge in [0.25, 0.3) is 0 Å². The Bertz CT molecular complexity index is 479. The normalized spacial score (nSPS) is 12.1. The summed E-state index contributed by atoms with van der Waals surface area (Å²) < 4.78 is 5.52. The SMILES string of the molecule is Cc1ccccc1OC(O)CCc1ccccc1. The van der Waals surface area contributed by atoms with Crippen molar-refractivity contribution in [3.8, 4) is 5.75 Å². The fourth-order valence-electron chi connectivity index (χ4n) is 1.83. The van der Waals surface area contributed by atoms with Crippen molar-refractivity contribution in [2.45, 2.75) is 26.1 Å². The summed E-state index contributed by atoms with van der Waals surface area (Å²) in [4.78, 5) is 0. The summed E-state index contributed by atoms with van der Waals surface area (Å²) in [6, 6.07) is 17.8. The first-order valence-electron chi connectivity index (χ1n) is 6.20. The number of aliphatic hydroxyl groups is 1. The van der Waals surface area contributed by atoms with Crippen molar-refractivity contribution in [2.75, 3.05) is 0 Å². The predicted molar refractivity (Wildman–Crippen MR) is 72.6 cm³/mol. The Morgan fingerprint density at radius 2 is 1.67 bits per heavy atom. The average molecular weight is 242 g/mol. The number of aryl methyl sites for hydroxylation is 2. The van der Waals surface area contributed by atoms with E-state index in [0.717, 1.165) is 17.7 Å². The number of benzene rings is 2. The Balaban J connectivity index is 1.86. The molecule has 0 spiro atoms. The van der Waals surface area contributed by atoms with Crippen LogP contribution in [0.3, 0.4) is 0 Å². The van der Waals surface area contributed by atoms with Gasteiger partial charge in [-0.1, -0.05) is 48.5 Å². The molecule has 0 radical (unpaired) electrons. The van der Waals surface area contributed by atoms with Crippen LogP contribution in [0.4, 0.5) is 0 Å². The van der Waals surface area contributed by atoms with Gasteiger partial charge in [0.2, 0.25) is 0 Å². The zero-order valence-corrected chi connectivity index (χ0v) is 10.5. The minimum Gasteiger partial charge on any atom is -0.465 e. The molecule has 0 fully saturated rings. The number of aliphatic hydroxyl groups excluding tert-OH is 1. The summed E-state index contributed by atoms with van der Waals surface area (Å²) in [5.41, 5.74) is 2.25. The third-order valence-corrected chi connectivity index (χ3v) is 2.88. The summed E-state index contributed by atoms with van der Waals surface area (Å²) >= 11 is 0. The van der Waals surface area contributed by atoms with E-state index in [2.05, 4.69) is 12.1 Å². The van der Waals surface area contributed by atoms with Crippen LogP contribution in [0.5, 0.6) is 5.75 Å². The van der Waals surface area contributed by atoms with Crippen molar-refractivity contribution < 1.29 is 9.84 Å². The van der Waals surface area contributed by atoms with Gasteiger partial charge in [-0.2, -0.15) is 0 Å². The van der Waals surface area contributed by atoms with Crippen LogP contribution in [-0.2, 0) is 6.42 Å². The second-order valence-electron chi connectivity index (χ2n) is 4.36. The predicted octanol–water partition coefficient (Wildman–Crippen LogP) is 3.33. The number of para-hydroxylation sites is 1. The number of ether oxygens (including phenoxy) is 1. The highest BCUT2D eigenvalue weighted by Gasteiger charge is 2.07. The second-order valence-corrected chi connectivity index (χ2v) is 4.36. The van der Waals surface area contributed by atoms with Crippen molar-refractivity contribution in [3.63, 3.8) is 0 Å². The summed E-state index contributed by atoms with van der Waals surface area (Å²) in [5.74, 6) is 0.748. The molecule has 1 atom stereocenters. The number of hydrogen-bond acceptors (Lipinski definition) is 2. The molecule has 2 aromatic rings. The van der Waals surface area contributed by atoms with E-state index >= 15 is 0 Å². The molecule has 2 nitrogen and oxygen atoms in total. The summed E-state index contributed by atoms with van der Waals surface area (Å²) in [5, 5.41) is 9.87. The zero-order chi connectivity index (χ0) is 12.8. The number of hydrogen-bond donors (Lipinski definition) is 1. The Kier molecular flexibility index (Phi) is 4.37. The van der Waals surface area contributed by atoms with E-state index in [0.29, 0.717) is 6.42 Å². The monoisotopic (exact) mass is 242 g/mol. The molecule has 2 heteroatoms. The molecule has 1 N–H and O–H groups in total. The van der Waals surface area contributed by atoms with Crippen LogP contribution < -0.4 is 4.74 Å². The van der Waals surface area contributed by atoms with Gasteiger partial charge in [-0.25, -0.2) is 0 Å². The molecule has 0 bridgehead atoms. The Morgan fingerprint density at radius 1 is 1.00 bits per heavy atom. The molecule has 18 heavy (non-hydrogen) atoms. The van der Waals surface area contributed by atoms with E-state index in [1.54, 1.807) is 0 Å². The topological polar surface area (TPSA) is 29.5 Å². The lowest BCUT2D eigenvalue weighted by molar-refractivity contribution is -0.0230. The molecule has 0 heterocycles. The Hall–Kier alpha value is -1.80. The lowest BCUT2D eigenvalue weighted by Crippen LogP contribution is -2.16. The maximum absolute atomic E-state index is 9.87. The third kappa shape index (κ3) is 3.60. The molecule has 0 aliphatic carbocycles. The molecule has 2 aromatic carbocycles. The van der Waals surface area contributed by atoms with Crippen molar-refractivity contribution in [1.82, 2.24) is 0 Å². The Labute approximate surface area is 108 Å². The summed E-state index contributed by atoms with van der Waals surface area (Å²) in [6.07, 6.45) is 0.651. The van der Waals surface area contributed by atoms with E-state index in [9.17, 15) is 5.11 Å². The second kappa shape index (κ2) is 6.22. The maximum Gasteiger partial charge on any atom is 0.197 e. The molecule has 94 valence electrons. The minimum absolute atomic E-state index is 0.596. The van der Waals surface area contributed by atoms with Crippen molar-refractivity contribution in [1.29, 1.82) is 0 Å². The van der Waals surface area contributed by atoms with Gasteiger partial charge < -0.3 is 9.84 Å². The lowest BCUT2D eigenvalue weighted by Gasteiger charge is -2.15. The molecule has 0 amide bonds. The first kappa shape index (κ1) is 12.7. The van der Waals surface area contributed by atoms with Gasteiger partial charge in [0.05, 0.1) is 0 Å². The molecule has 0 saturated heterocycles. The van der Waals surface area contributed by atoms with Crippen molar-refractivity contribution in [2.24, 2.45) is 0 Å². The fraction of sp³-hybridized carbons (Fsp3) is 0.250. The summed E-state index contributed by atoms with van der Waals surface area (Å²) in [6.45, 7) is 1.97. The quantitative estimate of drug-likeness (QED) is 0.815. The molecule has 2 rings (SSSR count). The van der Waals surface area contributed by atoms with E-state index in [1.165, 1.54) is 5.56 Å². The molecule has 0 aromatic heterocycles. The van der Waals surface area contributed by atoms with Gasteiger partial charge in [-0.05, 0) is 30.5 Å². The first-order valence-corrected chi connectivity index (χ1v) is 6.20. The third-order valence-electron chi connectivity index (χ3n) is 2.88. The van der Waals surface area contributed by atoms with E-state index in [-0.39, 0.29) is 0 Å². The molecule has 1 unspecified atom stereocenters. The Morgan fingerprint density at radius 3 is 2.39 bits per heavy atom.